The number of allylic oxidation sites excluding steroid dienone is 1. The summed E-state index contributed by atoms with van der Waals surface area (Å²) in [4.78, 5) is 59.7. The van der Waals surface area contributed by atoms with Crippen molar-refractivity contribution in [1.82, 2.24) is 20.8 Å². The maximum Gasteiger partial charge on any atom is 0.329 e. The van der Waals surface area contributed by atoms with Crippen molar-refractivity contribution in [3.05, 3.63) is 106 Å². The number of hydroxylamine groups is 1. The summed E-state index contributed by atoms with van der Waals surface area (Å²) in [6.07, 6.45) is 3.90. The molecule has 2 amide bonds. The van der Waals surface area contributed by atoms with Crippen LogP contribution in [0.3, 0.4) is 0 Å². The van der Waals surface area contributed by atoms with Gasteiger partial charge in [0.1, 0.15) is 16.8 Å². The van der Waals surface area contributed by atoms with Crippen LogP contribution in [0, 0.1) is 6.92 Å². The fourth-order valence-electron chi connectivity index (χ4n) is 5.15. The van der Waals surface area contributed by atoms with Crippen molar-refractivity contribution in [2.24, 2.45) is 10.7 Å². The molecule has 0 saturated carbocycles. The van der Waals surface area contributed by atoms with E-state index in [9.17, 15) is 27.6 Å². The van der Waals surface area contributed by atoms with Crippen LogP contribution < -0.4 is 31.3 Å². The van der Waals surface area contributed by atoms with Crippen molar-refractivity contribution in [3.8, 4) is 5.75 Å². The van der Waals surface area contributed by atoms with E-state index < -0.39 is 22.0 Å². The maximum atomic E-state index is 13.1. The number of benzene rings is 3. The van der Waals surface area contributed by atoms with E-state index >= 15 is 0 Å². The van der Waals surface area contributed by atoms with E-state index in [0.29, 0.717) is 44.3 Å². The van der Waals surface area contributed by atoms with Crippen LogP contribution in [0.1, 0.15) is 73.4 Å². The SMILES string of the molecule is C=C(CC)C(=O)c1ccc(OCC(=O)NCCCCCCNC(=O)C(CCCN=C(N)NS(=O)(=O)c2ccc(C)cc2)NOC(=O)Cc2ccccc2)c(Cl)c1Cl. The smallest absolute Gasteiger partial charge is 0.329 e. The summed E-state index contributed by atoms with van der Waals surface area (Å²) in [6.45, 7) is 7.97. The second-order valence-electron chi connectivity index (χ2n) is 13.0. The van der Waals surface area contributed by atoms with Crippen molar-refractivity contribution >= 4 is 62.8 Å². The standard InChI is InChI=1S/C40H50Cl2N6O8S/c1-4-28(3)38(51)31-20-21-33(37(42)36(31)41)55-26-34(49)44-22-10-5-6-11-23-45-39(52)32(47-56-35(50)25-29-13-8-7-9-14-29)15-12-24-46-40(43)48-57(53,54)30-18-16-27(2)17-19-30/h7-9,13-14,16-21,32,47H,3-6,10-12,15,22-26H2,1-2H3,(H,44,49)(H,45,52)(H3,43,46,48). The summed E-state index contributed by atoms with van der Waals surface area (Å²) in [5, 5.41) is 5.70. The highest BCUT2D eigenvalue weighted by molar-refractivity contribution is 7.90. The number of nitrogens with zero attached hydrogens (tertiary/aromatic N) is 1. The summed E-state index contributed by atoms with van der Waals surface area (Å²) in [5.41, 5.74) is 10.7. The van der Waals surface area contributed by atoms with E-state index in [4.69, 9.17) is 38.5 Å². The molecular weight excluding hydrogens is 795 g/mol. The molecule has 0 saturated heterocycles. The predicted octanol–water partition coefficient (Wildman–Crippen LogP) is 5.35. The second kappa shape index (κ2) is 24.0. The second-order valence-corrected chi connectivity index (χ2v) is 15.4. The van der Waals surface area contributed by atoms with Gasteiger partial charge in [-0.05, 0) is 74.4 Å². The first-order valence-corrected chi connectivity index (χ1v) is 20.7. The highest BCUT2D eigenvalue weighted by atomic mass is 35.5. The number of ketones is 1. The van der Waals surface area contributed by atoms with Crippen molar-refractivity contribution in [3.63, 3.8) is 0 Å². The van der Waals surface area contributed by atoms with Crippen LogP contribution in [-0.2, 0) is 35.7 Å². The fourth-order valence-corrected chi connectivity index (χ4v) is 6.56. The Balaban J connectivity index is 1.39. The molecule has 3 aromatic rings. The topological polar surface area (TPSA) is 207 Å². The first kappa shape index (κ1) is 46.4. The van der Waals surface area contributed by atoms with Crippen molar-refractivity contribution < 1.29 is 37.2 Å². The molecule has 0 fully saturated rings. The molecule has 0 aliphatic heterocycles. The number of hydrogen-bond donors (Lipinski definition) is 5. The van der Waals surface area contributed by atoms with Crippen LogP contribution in [0.4, 0.5) is 0 Å². The van der Waals surface area contributed by atoms with E-state index in [2.05, 4.69) is 32.4 Å². The Kier molecular flexibility index (Phi) is 19.5. The lowest BCUT2D eigenvalue weighted by molar-refractivity contribution is -0.154. The zero-order valence-corrected chi connectivity index (χ0v) is 34.4. The number of ether oxygens (including phenoxy) is 1. The van der Waals surface area contributed by atoms with Crippen molar-refractivity contribution in [1.29, 1.82) is 0 Å². The molecule has 1 atom stereocenters. The number of guanidine groups is 1. The molecule has 0 radical (unpaired) electrons. The lowest BCUT2D eigenvalue weighted by Crippen LogP contribution is -2.45. The lowest BCUT2D eigenvalue weighted by Gasteiger charge is -2.18. The highest BCUT2D eigenvalue weighted by Gasteiger charge is 2.21. The number of carbonyl (C=O) groups is 4. The molecular formula is C40H50Cl2N6O8S. The van der Waals surface area contributed by atoms with E-state index in [-0.39, 0.29) is 75.8 Å². The van der Waals surface area contributed by atoms with Gasteiger partial charge in [-0.15, -0.1) is 5.48 Å². The molecule has 57 heavy (non-hydrogen) atoms. The Morgan fingerprint density at radius 1 is 0.877 bits per heavy atom. The number of unbranched alkanes of at least 4 members (excludes halogenated alkanes) is 3. The number of sulfonamides is 1. The summed E-state index contributed by atoms with van der Waals surface area (Å²) < 4.78 is 33.0. The van der Waals surface area contributed by atoms with E-state index in [1.54, 1.807) is 36.4 Å². The Hall–Kier alpha value is -4.96. The first-order valence-electron chi connectivity index (χ1n) is 18.5. The minimum atomic E-state index is -3.91. The number of nitrogens with one attached hydrogen (secondary N) is 4. The molecule has 0 bridgehead atoms. The molecule has 1 unspecified atom stereocenters. The van der Waals surface area contributed by atoms with Crippen molar-refractivity contribution in [2.45, 2.75) is 76.2 Å². The van der Waals surface area contributed by atoms with Gasteiger partial charge < -0.3 is 25.9 Å². The third kappa shape index (κ3) is 16.2. The van der Waals surface area contributed by atoms with Gasteiger partial charge in [0.25, 0.3) is 15.9 Å². The van der Waals surface area contributed by atoms with E-state index in [1.165, 1.54) is 24.3 Å². The molecule has 308 valence electrons. The minimum absolute atomic E-state index is 0.00798. The third-order valence-electron chi connectivity index (χ3n) is 8.45. The predicted molar refractivity (Wildman–Crippen MR) is 221 cm³/mol. The van der Waals surface area contributed by atoms with Gasteiger partial charge in [-0.1, -0.05) is 97.6 Å². The zero-order chi connectivity index (χ0) is 41.8. The monoisotopic (exact) mass is 844 g/mol. The van der Waals surface area contributed by atoms with Crippen LogP contribution in [-0.4, -0.2) is 70.2 Å². The number of aryl methyl sites for hydroxylation is 1. The Bertz CT molecular complexity index is 1980. The maximum absolute atomic E-state index is 13.1. The number of amides is 2. The highest BCUT2D eigenvalue weighted by Crippen LogP contribution is 2.35. The molecule has 3 rings (SSSR count). The molecule has 0 aliphatic rings. The molecule has 6 N–H and O–H groups in total. The van der Waals surface area contributed by atoms with Crippen LogP contribution in [0.25, 0.3) is 0 Å². The number of carbonyl (C=O) groups excluding carboxylic acids is 4. The molecule has 0 aromatic heterocycles. The van der Waals surface area contributed by atoms with Gasteiger partial charge in [-0.3, -0.25) is 24.2 Å². The summed E-state index contributed by atoms with van der Waals surface area (Å²) in [5.74, 6) is -1.73. The number of halogens is 2. The summed E-state index contributed by atoms with van der Waals surface area (Å²) in [6, 6.07) is 17.4. The van der Waals surface area contributed by atoms with Gasteiger partial charge in [-0.25, -0.2) is 13.1 Å². The fraction of sp³-hybridized carbons (Fsp3) is 0.375. The van der Waals surface area contributed by atoms with Crippen LogP contribution in [0.5, 0.6) is 5.75 Å². The Labute approximate surface area is 344 Å². The number of Topliss-reactive ketones (excluding diaryl/α,β-unsaturated/α-hetero) is 1. The first-order chi connectivity index (χ1) is 27.2. The molecule has 17 heteroatoms. The summed E-state index contributed by atoms with van der Waals surface area (Å²) >= 11 is 12.6. The quantitative estimate of drug-likeness (QED) is 0.0195. The minimum Gasteiger partial charge on any atom is -0.482 e. The Morgan fingerprint density at radius 3 is 2.21 bits per heavy atom. The molecule has 3 aromatic carbocycles. The Morgan fingerprint density at radius 2 is 1.54 bits per heavy atom. The lowest BCUT2D eigenvalue weighted by atomic mass is 10.0. The average molecular weight is 846 g/mol. The number of hydrogen-bond acceptors (Lipinski definition) is 10. The average Bonchev–Trinajstić information content (AvgIpc) is 3.18. The summed E-state index contributed by atoms with van der Waals surface area (Å²) in [7, 11) is -3.91. The van der Waals surface area contributed by atoms with Gasteiger partial charge in [0.15, 0.2) is 12.4 Å². The molecule has 0 aliphatic carbocycles. The number of nitrogens with two attached hydrogens (primary N) is 1. The van der Waals surface area contributed by atoms with Gasteiger partial charge in [0.2, 0.25) is 11.9 Å². The zero-order valence-electron chi connectivity index (χ0n) is 32.1. The molecule has 14 nitrogen and oxygen atoms in total. The molecule has 0 spiro atoms. The van der Waals surface area contributed by atoms with Gasteiger partial charge in [0.05, 0.1) is 16.3 Å². The normalized spacial score (nSPS) is 12.0. The van der Waals surface area contributed by atoms with Crippen LogP contribution in [0.15, 0.2) is 88.8 Å². The van der Waals surface area contributed by atoms with Gasteiger partial charge in [0, 0.05) is 25.2 Å². The van der Waals surface area contributed by atoms with Crippen LogP contribution >= 0.6 is 23.2 Å². The van der Waals surface area contributed by atoms with Crippen molar-refractivity contribution in [2.75, 3.05) is 26.2 Å². The van der Waals surface area contributed by atoms with E-state index in [1.807, 2.05) is 19.9 Å². The van der Waals surface area contributed by atoms with Crippen LogP contribution in [0.2, 0.25) is 10.0 Å². The third-order valence-corrected chi connectivity index (χ3v) is 10.7. The number of aliphatic imine (C=N–C) groups is 1. The van der Waals surface area contributed by atoms with Gasteiger partial charge >= 0.3 is 5.97 Å². The largest absolute Gasteiger partial charge is 0.482 e. The van der Waals surface area contributed by atoms with E-state index in [0.717, 1.165) is 24.0 Å². The van der Waals surface area contributed by atoms with Gasteiger partial charge in [-0.2, -0.15) is 0 Å². The number of rotatable bonds is 24. The molecule has 0 heterocycles.